The molecule has 0 heterocycles. The highest BCUT2D eigenvalue weighted by Gasteiger charge is 2.07. The second-order valence-electron chi connectivity index (χ2n) is 3.45. The Hall–Kier alpha value is -0.610. The molecule has 0 bridgehead atoms. The van der Waals surface area contributed by atoms with Gasteiger partial charge in [0.1, 0.15) is 0 Å². The number of aliphatic hydroxyl groups is 1. The number of nitrogens with zero attached hydrogens (tertiary/aromatic N) is 1. The fourth-order valence-electron chi connectivity index (χ4n) is 1.40. The maximum Gasteiger partial charge on any atom is 0.317 e. The van der Waals surface area contributed by atoms with Crippen LogP contribution in [0.2, 0.25) is 0 Å². The molecule has 0 radical (unpaired) electrons. The van der Waals surface area contributed by atoms with E-state index in [1.165, 1.54) is 0 Å². The number of carboxylic acid groups (broad SMARTS) is 1. The van der Waals surface area contributed by atoms with Crippen LogP contribution in [0.4, 0.5) is 0 Å². The van der Waals surface area contributed by atoms with Gasteiger partial charge in [-0.25, -0.2) is 0 Å². The van der Waals surface area contributed by atoms with Crippen molar-refractivity contribution in [3.63, 3.8) is 0 Å². The van der Waals surface area contributed by atoms with Crippen LogP contribution in [0.1, 0.15) is 32.6 Å². The summed E-state index contributed by atoms with van der Waals surface area (Å²) in [5.74, 6) is -0.763. The Labute approximate surface area is 85.5 Å². The van der Waals surface area contributed by atoms with Crippen molar-refractivity contribution < 1.29 is 15.0 Å². The third-order valence-corrected chi connectivity index (χ3v) is 2.03. The Balaban J connectivity index is 3.56. The number of rotatable bonds is 9. The molecule has 0 saturated heterocycles. The average Bonchev–Trinajstić information content (AvgIpc) is 2.12. The molecule has 0 aromatic heterocycles. The Kier molecular flexibility index (Phi) is 8.57. The number of carboxylic acids is 1. The Morgan fingerprint density at radius 3 is 2.43 bits per heavy atom. The van der Waals surface area contributed by atoms with Crippen molar-refractivity contribution in [2.24, 2.45) is 0 Å². The third-order valence-electron chi connectivity index (χ3n) is 2.03. The monoisotopic (exact) mass is 203 g/mol. The molecular formula is C10H21NO3. The van der Waals surface area contributed by atoms with Gasteiger partial charge in [-0.2, -0.15) is 0 Å². The molecule has 0 aliphatic heterocycles. The minimum absolute atomic E-state index is 0.132. The van der Waals surface area contributed by atoms with Gasteiger partial charge in [0.05, 0.1) is 6.54 Å². The fourth-order valence-corrected chi connectivity index (χ4v) is 1.40. The topological polar surface area (TPSA) is 60.8 Å². The number of hydrogen-bond donors (Lipinski definition) is 2. The van der Waals surface area contributed by atoms with Crippen molar-refractivity contribution in [1.29, 1.82) is 0 Å². The first-order valence-corrected chi connectivity index (χ1v) is 5.25. The summed E-state index contributed by atoms with van der Waals surface area (Å²) in [6.45, 7) is 4.06. The molecule has 0 fully saturated rings. The molecule has 0 unspecified atom stereocenters. The standard InChI is InChI=1S/C10H21NO3/c1-2-6-11(9-10(13)14)7-4-3-5-8-12/h12H,2-9H2,1H3,(H,13,14). The summed E-state index contributed by atoms with van der Waals surface area (Å²) in [6, 6.07) is 0. The van der Waals surface area contributed by atoms with E-state index >= 15 is 0 Å². The van der Waals surface area contributed by atoms with Crippen molar-refractivity contribution in [2.75, 3.05) is 26.2 Å². The molecule has 2 N–H and O–H groups in total. The zero-order valence-corrected chi connectivity index (χ0v) is 8.91. The highest BCUT2D eigenvalue weighted by Crippen LogP contribution is 1.99. The lowest BCUT2D eigenvalue weighted by atomic mass is 10.2. The Morgan fingerprint density at radius 2 is 1.93 bits per heavy atom. The van der Waals surface area contributed by atoms with Crippen LogP contribution in [0.15, 0.2) is 0 Å². The molecule has 0 spiro atoms. The van der Waals surface area contributed by atoms with Gasteiger partial charge in [0.25, 0.3) is 0 Å². The van der Waals surface area contributed by atoms with Crippen LogP contribution in [-0.4, -0.2) is 47.3 Å². The van der Waals surface area contributed by atoms with Crippen LogP contribution < -0.4 is 0 Å². The molecule has 0 aliphatic carbocycles. The smallest absolute Gasteiger partial charge is 0.317 e. The van der Waals surface area contributed by atoms with Gasteiger partial charge in [-0.1, -0.05) is 6.92 Å². The maximum absolute atomic E-state index is 10.5. The van der Waals surface area contributed by atoms with E-state index in [-0.39, 0.29) is 13.2 Å². The third kappa shape index (κ3) is 8.01. The van der Waals surface area contributed by atoms with Gasteiger partial charge in [0, 0.05) is 6.61 Å². The van der Waals surface area contributed by atoms with Gasteiger partial charge in [0.15, 0.2) is 0 Å². The zero-order chi connectivity index (χ0) is 10.8. The van der Waals surface area contributed by atoms with Crippen molar-refractivity contribution in [2.45, 2.75) is 32.6 Å². The first-order valence-electron chi connectivity index (χ1n) is 5.25. The van der Waals surface area contributed by atoms with Crippen LogP contribution in [0.25, 0.3) is 0 Å². The Bertz CT molecular complexity index is 150. The first-order chi connectivity index (χ1) is 6.70. The highest BCUT2D eigenvalue weighted by molar-refractivity contribution is 5.69. The van der Waals surface area contributed by atoms with Gasteiger partial charge in [0.2, 0.25) is 0 Å². The molecule has 0 amide bonds. The summed E-state index contributed by atoms with van der Waals surface area (Å²) in [5.41, 5.74) is 0. The van der Waals surface area contributed by atoms with E-state index in [9.17, 15) is 4.79 Å². The van der Waals surface area contributed by atoms with Gasteiger partial charge in [-0.05, 0) is 38.8 Å². The van der Waals surface area contributed by atoms with Crippen molar-refractivity contribution in [3.05, 3.63) is 0 Å². The zero-order valence-electron chi connectivity index (χ0n) is 8.91. The molecule has 84 valence electrons. The molecule has 0 saturated carbocycles. The molecule has 14 heavy (non-hydrogen) atoms. The van der Waals surface area contributed by atoms with Crippen molar-refractivity contribution in [3.8, 4) is 0 Å². The molecular weight excluding hydrogens is 182 g/mol. The van der Waals surface area contributed by atoms with E-state index in [0.717, 1.165) is 38.8 Å². The summed E-state index contributed by atoms with van der Waals surface area (Å²) in [7, 11) is 0. The fraction of sp³-hybridized carbons (Fsp3) is 0.900. The quantitative estimate of drug-likeness (QED) is 0.548. The van der Waals surface area contributed by atoms with Gasteiger partial charge in [-0.15, -0.1) is 0 Å². The molecule has 4 nitrogen and oxygen atoms in total. The van der Waals surface area contributed by atoms with Crippen LogP contribution in [0, 0.1) is 0 Å². The van der Waals surface area contributed by atoms with Crippen LogP contribution >= 0.6 is 0 Å². The lowest BCUT2D eigenvalue weighted by Gasteiger charge is -2.18. The number of hydrogen-bond acceptors (Lipinski definition) is 3. The summed E-state index contributed by atoms with van der Waals surface area (Å²) in [6.07, 6.45) is 3.73. The largest absolute Gasteiger partial charge is 0.480 e. The van der Waals surface area contributed by atoms with E-state index in [2.05, 4.69) is 0 Å². The van der Waals surface area contributed by atoms with E-state index in [1.54, 1.807) is 0 Å². The summed E-state index contributed by atoms with van der Waals surface area (Å²) in [4.78, 5) is 12.4. The maximum atomic E-state index is 10.5. The molecule has 0 aromatic rings. The summed E-state index contributed by atoms with van der Waals surface area (Å²) in [5, 5.41) is 17.2. The molecule has 4 heteroatoms. The lowest BCUT2D eigenvalue weighted by Crippen LogP contribution is -2.31. The second kappa shape index (κ2) is 8.97. The predicted molar refractivity (Wildman–Crippen MR) is 55.3 cm³/mol. The van der Waals surface area contributed by atoms with E-state index in [1.807, 2.05) is 11.8 Å². The average molecular weight is 203 g/mol. The molecule has 0 aromatic carbocycles. The summed E-state index contributed by atoms with van der Waals surface area (Å²) >= 11 is 0. The second-order valence-corrected chi connectivity index (χ2v) is 3.45. The van der Waals surface area contributed by atoms with Crippen molar-refractivity contribution in [1.82, 2.24) is 4.90 Å². The number of aliphatic carboxylic acids is 1. The number of unbranched alkanes of at least 4 members (excludes halogenated alkanes) is 2. The minimum Gasteiger partial charge on any atom is -0.480 e. The molecule has 0 atom stereocenters. The molecule has 0 rings (SSSR count). The first kappa shape index (κ1) is 13.4. The predicted octanol–water partition coefficient (Wildman–Crippen LogP) is 0.946. The van der Waals surface area contributed by atoms with Gasteiger partial charge >= 0.3 is 5.97 Å². The van der Waals surface area contributed by atoms with Crippen molar-refractivity contribution >= 4 is 5.97 Å². The SMILES string of the molecule is CCCN(CCCCCO)CC(=O)O. The van der Waals surface area contributed by atoms with Crippen LogP contribution in [0.3, 0.4) is 0 Å². The minimum atomic E-state index is -0.763. The summed E-state index contributed by atoms with van der Waals surface area (Å²) < 4.78 is 0. The normalized spacial score (nSPS) is 10.8. The van der Waals surface area contributed by atoms with Gasteiger partial charge in [-0.3, -0.25) is 9.69 Å². The van der Waals surface area contributed by atoms with Crippen LogP contribution in [0.5, 0.6) is 0 Å². The number of aliphatic hydroxyl groups excluding tert-OH is 1. The van der Waals surface area contributed by atoms with Gasteiger partial charge < -0.3 is 10.2 Å². The van der Waals surface area contributed by atoms with E-state index in [0.29, 0.717) is 0 Å². The highest BCUT2D eigenvalue weighted by atomic mass is 16.4. The van der Waals surface area contributed by atoms with E-state index in [4.69, 9.17) is 10.2 Å². The van der Waals surface area contributed by atoms with E-state index < -0.39 is 5.97 Å². The Morgan fingerprint density at radius 1 is 1.21 bits per heavy atom. The molecule has 0 aliphatic rings. The number of carbonyl (C=O) groups is 1. The lowest BCUT2D eigenvalue weighted by molar-refractivity contribution is -0.138. The van der Waals surface area contributed by atoms with Crippen LogP contribution in [-0.2, 0) is 4.79 Å².